The van der Waals surface area contributed by atoms with Crippen molar-refractivity contribution >= 4 is 5.69 Å². The summed E-state index contributed by atoms with van der Waals surface area (Å²) in [6.45, 7) is 5.29. The number of rotatable bonds is 7. The quantitative estimate of drug-likeness (QED) is 0.820. The number of aryl methyl sites for hydroxylation is 1. The van der Waals surface area contributed by atoms with Crippen LogP contribution < -0.4 is 11.1 Å². The Kier molecular flexibility index (Phi) is 5.69. The number of hydrogen-bond acceptors (Lipinski definition) is 4. The highest BCUT2D eigenvalue weighted by Gasteiger charge is 2.17. The second-order valence-electron chi connectivity index (χ2n) is 5.19. The van der Waals surface area contributed by atoms with E-state index in [1.165, 1.54) is 5.56 Å². The summed E-state index contributed by atoms with van der Waals surface area (Å²) in [5, 5.41) is 3.59. The van der Waals surface area contributed by atoms with Crippen LogP contribution in [0.5, 0.6) is 0 Å². The average molecular weight is 284 g/mol. The number of nitrogens with zero attached hydrogens (tertiary/aromatic N) is 2. The molecule has 0 aliphatic rings. The Morgan fingerprint density at radius 3 is 2.76 bits per heavy atom. The molecule has 0 fully saturated rings. The molecule has 0 saturated carbocycles. The van der Waals surface area contributed by atoms with Crippen molar-refractivity contribution in [3.8, 4) is 0 Å². The second kappa shape index (κ2) is 7.74. The van der Waals surface area contributed by atoms with Crippen molar-refractivity contribution in [3.05, 3.63) is 53.6 Å². The SMILES string of the molecule is CCCNC(Cc1cnccc1N)c1ncccc1CC. The Bertz CT molecular complexity index is 568. The average Bonchev–Trinajstić information content (AvgIpc) is 2.53. The van der Waals surface area contributed by atoms with Crippen LogP contribution in [0.4, 0.5) is 5.69 Å². The number of pyridine rings is 2. The highest BCUT2D eigenvalue weighted by Crippen LogP contribution is 2.23. The molecule has 2 aromatic heterocycles. The fourth-order valence-electron chi connectivity index (χ4n) is 2.48. The normalized spacial score (nSPS) is 12.3. The summed E-state index contributed by atoms with van der Waals surface area (Å²) in [7, 11) is 0. The highest BCUT2D eigenvalue weighted by atomic mass is 14.9. The van der Waals surface area contributed by atoms with Gasteiger partial charge in [0, 0.05) is 24.3 Å². The van der Waals surface area contributed by atoms with Gasteiger partial charge in [-0.05, 0) is 49.1 Å². The third-order valence-corrected chi connectivity index (χ3v) is 3.64. The van der Waals surface area contributed by atoms with Gasteiger partial charge in [0.1, 0.15) is 0 Å². The largest absolute Gasteiger partial charge is 0.398 e. The van der Waals surface area contributed by atoms with Gasteiger partial charge in [0.15, 0.2) is 0 Å². The molecule has 112 valence electrons. The number of nitrogen functional groups attached to an aromatic ring is 1. The van der Waals surface area contributed by atoms with E-state index in [9.17, 15) is 0 Å². The zero-order chi connectivity index (χ0) is 15.1. The first-order valence-corrected chi connectivity index (χ1v) is 7.61. The van der Waals surface area contributed by atoms with Gasteiger partial charge in [-0.25, -0.2) is 0 Å². The molecule has 0 aliphatic carbocycles. The van der Waals surface area contributed by atoms with E-state index in [0.717, 1.165) is 42.8 Å². The molecular formula is C17H24N4. The minimum absolute atomic E-state index is 0.174. The molecule has 0 aliphatic heterocycles. The van der Waals surface area contributed by atoms with E-state index in [1.54, 1.807) is 6.20 Å². The Labute approximate surface area is 126 Å². The predicted octanol–water partition coefficient (Wildman–Crippen LogP) is 2.90. The zero-order valence-electron chi connectivity index (χ0n) is 12.8. The van der Waals surface area contributed by atoms with Crippen molar-refractivity contribution in [3.63, 3.8) is 0 Å². The molecule has 0 amide bonds. The monoisotopic (exact) mass is 284 g/mol. The van der Waals surface area contributed by atoms with E-state index in [1.807, 2.05) is 24.5 Å². The molecular weight excluding hydrogens is 260 g/mol. The third kappa shape index (κ3) is 4.02. The number of aromatic nitrogens is 2. The zero-order valence-corrected chi connectivity index (χ0v) is 12.8. The van der Waals surface area contributed by atoms with Crippen LogP contribution in [-0.2, 0) is 12.8 Å². The van der Waals surface area contributed by atoms with Crippen molar-refractivity contribution in [2.24, 2.45) is 0 Å². The minimum atomic E-state index is 0.174. The summed E-state index contributed by atoms with van der Waals surface area (Å²) >= 11 is 0. The lowest BCUT2D eigenvalue weighted by atomic mass is 9.98. The molecule has 2 rings (SSSR count). The van der Waals surface area contributed by atoms with Crippen molar-refractivity contribution in [2.45, 2.75) is 39.2 Å². The van der Waals surface area contributed by atoms with E-state index < -0.39 is 0 Å². The number of nitrogens with one attached hydrogen (secondary N) is 1. The van der Waals surface area contributed by atoms with Crippen LogP contribution in [0.1, 0.15) is 43.1 Å². The maximum absolute atomic E-state index is 6.06. The van der Waals surface area contributed by atoms with Crippen LogP contribution in [0.3, 0.4) is 0 Å². The van der Waals surface area contributed by atoms with Crippen LogP contribution in [0.25, 0.3) is 0 Å². The van der Waals surface area contributed by atoms with Crippen LogP contribution in [0.15, 0.2) is 36.8 Å². The fraction of sp³-hybridized carbons (Fsp3) is 0.412. The molecule has 4 heteroatoms. The lowest BCUT2D eigenvalue weighted by Crippen LogP contribution is -2.26. The molecule has 3 N–H and O–H groups in total. The van der Waals surface area contributed by atoms with Crippen LogP contribution >= 0.6 is 0 Å². The minimum Gasteiger partial charge on any atom is -0.398 e. The molecule has 0 aromatic carbocycles. The Hall–Kier alpha value is -1.94. The number of anilines is 1. The molecule has 0 radical (unpaired) electrons. The van der Waals surface area contributed by atoms with E-state index in [0.29, 0.717) is 0 Å². The van der Waals surface area contributed by atoms with E-state index in [-0.39, 0.29) is 6.04 Å². The number of nitrogens with two attached hydrogens (primary N) is 1. The van der Waals surface area contributed by atoms with E-state index in [2.05, 4.69) is 35.2 Å². The topological polar surface area (TPSA) is 63.8 Å². The van der Waals surface area contributed by atoms with E-state index in [4.69, 9.17) is 5.73 Å². The van der Waals surface area contributed by atoms with Gasteiger partial charge in [-0.15, -0.1) is 0 Å². The van der Waals surface area contributed by atoms with Gasteiger partial charge in [0.25, 0.3) is 0 Å². The maximum Gasteiger partial charge on any atom is 0.0608 e. The molecule has 1 atom stereocenters. The Balaban J connectivity index is 2.28. The van der Waals surface area contributed by atoms with Gasteiger partial charge in [-0.2, -0.15) is 0 Å². The van der Waals surface area contributed by atoms with Crippen LogP contribution in [0.2, 0.25) is 0 Å². The predicted molar refractivity (Wildman–Crippen MR) is 87.0 cm³/mol. The second-order valence-corrected chi connectivity index (χ2v) is 5.19. The van der Waals surface area contributed by atoms with Gasteiger partial charge in [0.2, 0.25) is 0 Å². The lowest BCUT2D eigenvalue weighted by Gasteiger charge is -2.21. The van der Waals surface area contributed by atoms with Crippen LogP contribution in [-0.4, -0.2) is 16.5 Å². The first kappa shape index (κ1) is 15.4. The molecule has 4 nitrogen and oxygen atoms in total. The summed E-state index contributed by atoms with van der Waals surface area (Å²) < 4.78 is 0. The first-order chi connectivity index (χ1) is 10.3. The van der Waals surface area contributed by atoms with Gasteiger partial charge in [0.05, 0.1) is 11.7 Å². The van der Waals surface area contributed by atoms with Crippen molar-refractivity contribution in [2.75, 3.05) is 12.3 Å². The maximum atomic E-state index is 6.06. The van der Waals surface area contributed by atoms with Gasteiger partial charge in [-0.3, -0.25) is 9.97 Å². The molecule has 2 heterocycles. The summed E-state index contributed by atoms with van der Waals surface area (Å²) in [6, 6.07) is 6.17. The first-order valence-electron chi connectivity index (χ1n) is 7.61. The Morgan fingerprint density at radius 2 is 2.05 bits per heavy atom. The third-order valence-electron chi connectivity index (χ3n) is 3.64. The smallest absolute Gasteiger partial charge is 0.0608 e. The summed E-state index contributed by atoms with van der Waals surface area (Å²) in [5.41, 5.74) is 10.3. The molecule has 0 saturated heterocycles. The molecule has 0 spiro atoms. The van der Waals surface area contributed by atoms with Crippen molar-refractivity contribution in [1.29, 1.82) is 0 Å². The van der Waals surface area contributed by atoms with Gasteiger partial charge >= 0.3 is 0 Å². The molecule has 1 unspecified atom stereocenters. The van der Waals surface area contributed by atoms with Crippen LogP contribution in [0, 0.1) is 0 Å². The number of hydrogen-bond donors (Lipinski definition) is 2. The molecule has 21 heavy (non-hydrogen) atoms. The Morgan fingerprint density at radius 1 is 1.19 bits per heavy atom. The fourth-order valence-corrected chi connectivity index (χ4v) is 2.48. The lowest BCUT2D eigenvalue weighted by molar-refractivity contribution is 0.514. The molecule has 0 bridgehead atoms. The van der Waals surface area contributed by atoms with Crippen molar-refractivity contribution < 1.29 is 0 Å². The van der Waals surface area contributed by atoms with Gasteiger partial charge < -0.3 is 11.1 Å². The van der Waals surface area contributed by atoms with Gasteiger partial charge in [-0.1, -0.05) is 19.9 Å². The highest BCUT2D eigenvalue weighted by molar-refractivity contribution is 5.45. The summed E-state index contributed by atoms with van der Waals surface area (Å²) in [5.74, 6) is 0. The summed E-state index contributed by atoms with van der Waals surface area (Å²) in [4.78, 5) is 8.79. The standard InChI is InChI=1S/C17H24N4/c1-3-8-20-16(11-14-12-19-10-7-15(14)18)17-13(4-2)6-5-9-21-17/h5-7,9-10,12,16,20H,3-4,8,11H2,1-2H3,(H2,18,19). The molecule has 2 aromatic rings. The van der Waals surface area contributed by atoms with Crippen molar-refractivity contribution in [1.82, 2.24) is 15.3 Å². The summed E-state index contributed by atoms with van der Waals surface area (Å²) in [6.07, 6.45) is 8.32. The van der Waals surface area contributed by atoms with E-state index >= 15 is 0 Å².